The van der Waals surface area contributed by atoms with Gasteiger partial charge in [-0.05, 0) is 13.0 Å². The Bertz CT molecular complexity index is 517. The van der Waals surface area contributed by atoms with Gasteiger partial charge in [0.1, 0.15) is 12.7 Å². The summed E-state index contributed by atoms with van der Waals surface area (Å²) in [6, 6.07) is 4.94. The molecule has 1 aromatic rings. The van der Waals surface area contributed by atoms with E-state index in [0.29, 0.717) is 17.7 Å². The van der Waals surface area contributed by atoms with Crippen LogP contribution in [0.15, 0.2) is 18.2 Å². The monoisotopic (exact) mass is 283 g/mol. The van der Waals surface area contributed by atoms with Crippen LogP contribution in [0.4, 0.5) is 4.79 Å². The molecule has 1 aromatic carbocycles. The maximum atomic E-state index is 11.3. The third-order valence-electron chi connectivity index (χ3n) is 2.61. The summed E-state index contributed by atoms with van der Waals surface area (Å²) in [4.78, 5) is 26.1. The van der Waals surface area contributed by atoms with E-state index in [4.69, 9.17) is 9.47 Å². The van der Waals surface area contributed by atoms with Crippen LogP contribution >= 0.6 is 0 Å². The highest BCUT2D eigenvalue weighted by Crippen LogP contribution is 2.35. The minimum absolute atomic E-state index is 0.0111. The van der Waals surface area contributed by atoms with Crippen LogP contribution < -0.4 is 9.47 Å². The molecule has 2 rings (SSSR count). The van der Waals surface area contributed by atoms with Crippen molar-refractivity contribution in [3.8, 4) is 11.5 Å². The number of hydrogen-bond acceptors (Lipinski definition) is 7. The summed E-state index contributed by atoms with van der Waals surface area (Å²) >= 11 is 0. The fourth-order valence-electron chi connectivity index (χ4n) is 1.87. The third-order valence-corrected chi connectivity index (χ3v) is 2.61. The summed E-state index contributed by atoms with van der Waals surface area (Å²) in [7, 11) is 0. The van der Waals surface area contributed by atoms with Crippen LogP contribution in [-0.4, -0.2) is 30.6 Å². The second-order valence-electron chi connectivity index (χ2n) is 4.00. The molecule has 0 N–H and O–H groups in total. The molecule has 0 spiro atoms. The van der Waals surface area contributed by atoms with Crippen molar-refractivity contribution in [3.05, 3.63) is 33.9 Å². The van der Waals surface area contributed by atoms with E-state index < -0.39 is 17.3 Å². The summed E-state index contributed by atoms with van der Waals surface area (Å²) in [5, 5.41) is 9.46. The molecule has 0 radical (unpaired) electrons. The molecule has 0 bridgehead atoms. The largest absolute Gasteiger partial charge is 0.513 e. The van der Waals surface area contributed by atoms with E-state index in [9.17, 15) is 14.9 Å². The van der Waals surface area contributed by atoms with Gasteiger partial charge in [0, 0.05) is 12.0 Å². The zero-order chi connectivity index (χ0) is 14.5. The van der Waals surface area contributed by atoms with Gasteiger partial charge >= 0.3 is 6.16 Å². The lowest BCUT2D eigenvalue weighted by Gasteiger charge is -2.24. The topological polar surface area (TPSA) is 97.1 Å². The molecule has 0 amide bonds. The summed E-state index contributed by atoms with van der Waals surface area (Å²) in [6.45, 7) is 1.88. The van der Waals surface area contributed by atoms with E-state index in [-0.39, 0.29) is 19.0 Å². The normalized spacial score (nSPS) is 16.6. The van der Waals surface area contributed by atoms with Crippen LogP contribution in [0.1, 0.15) is 12.5 Å². The Kier molecular flexibility index (Phi) is 4.24. The van der Waals surface area contributed by atoms with Crippen molar-refractivity contribution in [2.75, 3.05) is 13.2 Å². The minimum Gasteiger partial charge on any atom is -0.487 e. The van der Waals surface area contributed by atoms with Gasteiger partial charge in [0.25, 0.3) is 5.09 Å². The van der Waals surface area contributed by atoms with E-state index in [1.807, 2.05) is 0 Å². The summed E-state index contributed by atoms with van der Waals surface area (Å²) in [5.74, 6) is 0.601. The number of ether oxygens (including phenoxy) is 3. The van der Waals surface area contributed by atoms with Crippen LogP contribution in [-0.2, 0) is 16.0 Å². The predicted octanol–water partition coefficient (Wildman–Crippen LogP) is 1.73. The van der Waals surface area contributed by atoms with Crippen molar-refractivity contribution in [2.45, 2.75) is 19.4 Å². The van der Waals surface area contributed by atoms with Gasteiger partial charge in [-0.25, -0.2) is 4.79 Å². The molecule has 20 heavy (non-hydrogen) atoms. The van der Waals surface area contributed by atoms with Crippen molar-refractivity contribution in [3.63, 3.8) is 0 Å². The highest BCUT2D eigenvalue weighted by molar-refractivity contribution is 5.66. The first-order valence-corrected chi connectivity index (χ1v) is 6.00. The van der Waals surface area contributed by atoms with Crippen LogP contribution in [0.2, 0.25) is 0 Å². The number of benzene rings is 1. The van der Waals surface area contributed by atoms with Crippen LogP contribution in [0.5, 0.6) is 11.5 Å². The summed E-state index contributed by atoms with van der Waals surface area (Å²) in [6.07, 6.45) is -1.19. The molecule has 0 fully saturated rings. The van der Waals surface area contributed by atoms with Gasteiger partial charge in [0.05, 0.1) is 6.61 Å². The average molecular weight is 283 g/mol. The Hall–Kier alpha value is -2.51. The number of para-hydroxylation sites is 1. The highest BCUT2D eigenvalue weighted by Gasteiger charge is 2.26. The van der Waals surface area contributed by atoms with E-state index in [1.54, 1.807) is 25.1 Å². The quantitative estimate of drug-likeness (QED) is 0.359. The maximum Gasteiger partial charge on any atom is 0.513 e. The lowest BCUT2D eigenvalue weighted by Crippen LogP contribution is -2.31. The van der Waals surface area contributed by atoms with Crippen molar-refractivity contribution < 1.29 is 28.9 Å². The average Bonchev–Trinajstić information content (AvgIpc) is 2.38. The fraction of sp³-hybridized carbons (Fsp3) is 0.417. The van der Waals surface area contributed by atoms with Gasteiger partial charge in [0.2, 0.25) is 0 Å². The van der Waals surface area contributed by atoms with Gasteiger partial charge < -0.3 is 19.0 Å². The molecule has 1 aliphatic heterocycles. The predicted molar refractivity (Wildman–Crippen MR) is 65.2 cm³/mol. The molecule has 0 aromatic heterocycles. The van der Waals surface area contributed by atoms with Gasteiger partial charge in [-0.15, -0.1) is 10.1 Å². The highest BCUT2D eigenvalue weighted by atomic mass is 17.0. The minimum atomic E-state index is -0.849. The van der Waals surface area contributed by atoms with Crippen molar-refractivity contribution >= 4 is 6.16 Å². The van der Waals surface area contributed by atoms with Gasteiger partial charge in [-0.3, -0.25) is 0 Å². The molecule has 1 atom stereocenters. The molecule has 8 heteroatoms. The Morgan fingerprint density at radius 1 is 1.55 bits per heavy atom. The molecule has 108 valence electrons. The summed E-state index contributed by atoms with van der Waals surface area (Å²) < 4.78 is 15.1. The second kappa shape index (κ2) is 6.09. The summed E-state index contributed by atoms with van der Waals surface area (Å²) in [5.41, 5.74) is 0.671. The second-order valence-corrected chi connectivity index (χ2v) is 4.00. The molecule has 1 aliphatic rings. The Balaban J connectivity index is 2.11. The van der Waals surface area contributed by atoms with Gasteiger partial charge in [-0.2, -0.15) is 0 Å². The lowest BCUT2D eigenvalue weighted by atomic mass is 10.0. The van der Waals surface area contributed by atoms with E-state index in [2.05, 4.69) is 9.57 Å². The van der Waals surface area contributed by atoms with Gasteiger partial charge in [-0.1, -0.05) is 12.1 Å². The van der Waals surface area contributed by atoms with E-state index >= 15 is 0 Å². The zero-order valence-corrected chi connectivity index (χ0v) is 10.7. The van der Waals surface area contributed by atoms with Crippen LogP contribution in [0.25, 0.3) is 0 Å². The molecule has 0 aliphatic carbocycles. The van der Waals surface area contributed by atoms with Crippen LogP contribution in [0, 0.1) is 10.1 Å². The fourth-order valence-corrected chi connectivity index (χ4v) is 1.87. The lowest BCUT2D eigenvalue weighted by molar-refractivity contribution is -0.769. The number of fused-ring (bicyclic) bond motifs is 1. The molecular weight excluding hydrogens is 270 g/mol. The molecule has 0 saturated carbocycles. The number of hydrogen-bond donors (Lipinski definition) is 0. The maximum absolute atomic E-state index is 11.3. The van der Waals surface area contributed by atoms with Crippen LogP contribution in [0.3, 0.4) is 0 Å². The Labute approximate surface area is 114 Å². The zero-order valence-electron chi connectivity index (χ0n) is 10.7. The number of rotatable bonds is 4. The number of nitrogens with zero attached hydrogens (tertiary/aromatic N) is 1. The first-order valence-electron chi connectivity index (χ1n) is 6.00. The smallest absolute Gasteiger partial charge is 0.487 e. The van der Waals surface area contributed by atoms with Gasteiger partial charge in [0.15, 0.2) is 11.5 Å². The molecule has 1 unspecified atom stereocenters. The van der Waals surface area contributed by atoms with E-state index in [0.717, 1.165) is 0 Å². The molecular formula is C12H13NO7. The third kappa shape index (κ3) is 3.28. The molecule has 0 saturated heterocycles. The standard InChI is InChI=1S/C12H13NO7/c1-2-17-12(14)19-10-5-3-4-8-6-9(20-13(15)16)7-18-11(8)10/h3-5,9H,2,6-7H2,1H3. The van der Waals surface area contributed by atoms with Crippen molar-refractivity contribution in [1.29, 1.82) is 0 Å². The van der Waals surface area contributed by atoms with Crippen molar-refractivity contribution in [1.82, 2.24) is 0 Å². The van der Waals surface area contributed by atoms with Crippen molar-refractivity contribution in [2.24, 2.45) is 0 Å². The first kappa shape index (κ1) is 13.9. The Morgan fingerprint density at radius 2 is 2.35 bits per heavy atom. The first-order chi connectivity index (χ1) is 9.60. The number of carbonyl (C=O) groups is 1. The molecule has 8 nitrogen and oxygen atoms in total. The Morgan fingerprint density at radius 3 is 3.05 bits per heavy atom. The van der Waals surface area contributed by atoms with E-state index in [1.165, 1.54) is 0 Å². The SMILES string of the molecule is CCOC(=O)Oc1cccc2c1OCC(O[N+](=O)[O-])C2. The molecule has 1 heterocycles. The number of carbonyl (C=O) groups excluding carboxylic acids is 1.